The van der Waals surface area contributed by atoms with E-state index in [4.69, 9.17) is 23.7 Å². The van der Waals surface area contributed by atoms with E-state index in [0.717, 1.165) is 43.4 Å². The molecule has 1 saturated heterocycles. The zero-order valence-corrected chi connectivity index (χ0v) is 22.9. The lowest BCUT2D eigenvalue weighted by Crippen LogP contribution is -2.50. The zero-order chi connectivity index (χ0) is 26.1. The quantitative estimate of drug-likeness (QED) is 0.226. The second kappa shape index (κ2) is 13.6. The Bertz CT molecular complexity index is 959. The van der Waals surface area contributed by atoms with Crippen LogP contribution < -0.4 is 4.74 Å². The fourth-order valence-corrected chi connectivity index (χ4v) is 5.19. The Labute approximate surface area is 223 Å². The van der Waals surface area contributed by atoms with Gasteiger partial charge in [0.2, 0.25) is 0 Å². The molecule has 0 aromatic heterocycles. The molecule has 0 saturated carbocycles. The van der Waals surface area contributed by atoms with E-state index in [2.05, 4.69) is 57.2 Å². The van der Waals surface area contributed by atoms with Crippen molar-refractivity contribution < 1.29 is 23.7 Å². The van der Waals surface area contributed by atoms with Crippen molar-refractivity contribution in [3.63, 3.8) is 0 Å². The Morgan fingerprint density at radius 2 is 1.68 bits per heavy atom. The topological polar surface area (TPSA) is 46.2 Å². The maximum Gasteiger partial charge on any atom is 0.188 e. The average molecular weight is 509 g/mol. The molecule has 3 unspecified atom stereocenters. The fourth-order valence-electron chi connectivity index (χ4n) is 5.19. The van der Waals surface area contributed by atoms with Crippen molar-refractivity contribution >= 4 is 0 Å². The summed E-state index contributed by atoms with van der Waals surface area (Å²) in [7, 11) is 1.69. The summed E-state index contributed by atoms with van der Waals surface area (Å²) in [5.41, 5.74) is 2.35. The van der Waals surface area contributed by atoms with Gasteiger partial charge in [-0.05, 0) is 54.5 Å². The molecular weight excluding hydrogens is 464 g/mol. The van der Waals surface area contributed by atoms with Crippen molar-refractivity contribution in [2.75, 3.05) is 13.7 Å². The van der Waals surface area contributed by atoms with Crippen molar-refractivity contribution in [3.8, 4) is 5.75 Å². The highest BCUT2D eigenvalue weighted by Gasteiger charge is 2.44. The molecule has 2 heterocycles. The standard InChI is InChI=1S/C32H44O5/c1-5-28(35-23-27-11-13-29(33-4)14-12-27)21-31-25(3)16-19-32(37-31)18-15-24(2)30(36-32)17-20-34-22-26-9-7-6-8-10-26/h6-15,18,24-25,28,30-31H,5,16-17,19-23H2,1-4H3/t24-,25?,28+,30-,31?,32?/m0/s1. The van der Waals surface area contributed by atoms with Gasteiger partial charge >= 0.3 is 0 Å². The Morgan fingerprint density at radius 1 is 0.946 bits per heavy atom. The highest BCUT2D eigenvalue weighted by molar-refractivity contribution is 5.26. The largest absolute Gasteiger partial charge is 0.497 e. The molecule has 1 fully saturated rings. The van der Waals surface area contributed by atoms with E-state index < -0.39 is 5.79 Å². The van der Waals surface area contributed by atoms with Gasteiger partial charge < -0.3 is 23.7 Å². The van der Waals surface area contributed by atoms with E-state index in [1.807, 2.05) is 30.3 Å². The molecule has 5 heteroatoms. The first-order chi connectivity index (χ1) is 18.0. The van der Waals surface area contributed by atoms with Crippen molar-refractivity contribution in [3.05, 3.63) is 77.9 Å². The lowest BCUT2D eigenvalue weighted by atomic mass is 9.86. The molecule has 0 aliphatic carbocycles. The average Bonchev–Trinajstić information content (AvgIpc) is 2.93. The lowest BCUT2D eigenvalue weighted by Gasteiger charge is -2.47. The molecule has 4 rings (SSSR count). The number of hydrogen-bond donors (Lipinski definition) is 0. The first-order valence-corrected chi connectivity index (χ1v) is 13.9. The maximum atomic E-state index is 6.75. The number of benzene rings is 2. The van der Waals surface area contributed by atoms with Crippen LogP contribution in [-0.2, 0) is 32.2 Å². The van der Waals surface area contributed by atoms with Gasteiger partial charge in [-0.1, -0.05) is 69.3 Å². The summed E-state index contributed by atoms with van der Waals surface area (Å²) >= 11 is 0. The van der Waals surface area contributed by atoms with Crippen LogP contribution in [0.1, 0.15) is 64.0 Å². The fraction of sp³-hybridized carbons (Fsp3) is 0.562. The van der Waals surface area contributed by atoms with Crippen molar-refractivity contribution in [2.45, 2.75) is 90.2 Å². The summed E-state index contributed by atoms with van der Waals surface area (Å²) in [5, 5.41) is 0. The van der Waals surface area contributed by atoms with E-state index >= 15 is 0 Å². The van der Waals surface area contributed by atoms with Crippen LogP contribution >= 0.6 is 0 Å². The highest BCUT2D eigenvalue weighted by Crippen LogP contribution is 2.41. The van der Waals surface area contributed by atoms with Crippen molar-refractivity contribution in [1.29, 1.82) is 0 Å². The highest BCUT2D eigenvalue weighted by atomic mass is 16.7. The van der Waals surface area contributed by atoms with E-state index in [-0.39, 0.29) is 18.3 Å². The van der Waals surface area contributed by atoms with Crippen LogP contribution in [-0.4, -0.2) is 37.8 Å². The Hall–Kier alpha value is -2.18. The summed E-state index contributed by atoms with van der Waals surface area (Å²) in [5.74, 6) is 1.03. The molecule has 0 radical (unpaired) electrons. The zero-order valence-electron chi connectivity index (χ0n) is 22.9. The molecular formula is C32H44O5. The second-order valence-corrected chi connectivity index (χ2v) is 10.6. The van der Waals surface area contributed by atoms with Crippen molar-refractivity contribution in [1.82, 2.24) is 0 Å². The minimum absolute atomic E-state index is 0.0862. The Kier molecular flexibility index (Phi) is 10.2. The van der Waals surface area contributed by atoms with Gasteiger partial charge in [-0.25, -0.2) is 0 Å². The van der Waals surface area contributed by atoms with Gasteiger partial charge in [0.25, 0.3) is 0 Å². The number of methoxy groups -OCH3 is 1. The van der Waals surface area contributed by atoms with E-state index in [1.54, 1.807) is 7.11 Å². The molecule has 1 spiro atoms. The summed E-state index contributed by atoms with van der Waals surface area (Å²) in [6.07, 6.45) is 9.40. The molecule has 0 N–H and O–H groups in total. The Balaban J connectivity index is 1.29. The maximum absolute atomic E-state index is 6.75. The molecule has 37 heavy (non-hydrogen) atoms. The Morgan fingerprint density at radius 3 is 2.41 bits per heavy atom. The third kappa shape index (κ3) is 7.90. The van der Waals surface area contributed by atoms with Gasteiger partial charge in [0.15, 0.2) is 5.79 Å². The summed E-state index contributed by atoms with van der Waals surface area (Å²) in [6, 6.07) is 18.4. The van der Waals surface area contributed by atoms with Gasteiger partial charge in [-0.15, -0.1) is 0 Å². The van der Waals surface area contributed by atoms with Crippen LogP contribution in [0, 0.1) is 11.8 Å². The minimum Gasteiger partial charge on any atom is -0.497 e. The van der Waals surface area contributed by atoms with Gasteiger partial charge in [0, 0.05) is 25.4 Å². The molecule has 6 atom stereocenters. The van der Waals surface area contributed by atoms with Crippen LogP contribution in [0.25, 0.3) is 0 Å². The SMILES string of the molecule is CC[C@H](CC1OC2(C=C[C@H](C)[C@H](CCOCc3ccccc3)O2)CCC1C)OCc1ccc(OC)cc1. The van der Waals surface area contributed by atoms with E-state index in [9.17, 15) is 0 Å². The van der Waals surface area contributed by atoms with Crippen LogP contribution in [0.3, 0.4) is 0 Å². The number of hydrogen-bond acceptors (Lipinski definition) is 5. The van der Waals surface area contributed by atoms with Crippen LogP contribution in [0.5, 0.6) is 5.75 Å². The molecule has 2 aliphatic rings. The predicted molar refractivity (Wildman–Crippen MR) is 146 cm³/mol. The van der Waals surface area contributed by atoms with Crippen LogP contribution in [0.2, 0.25) is 0 Å². The molecule has 0 bridgehead atoms. The van der Waals surface area contributed by atoms with E-state index in [0.29, 0.717) is 31.7 Å². The van der Waals surface area contributed by atoms with Gasteiger partial charge in [0.1, 0.15) is 5.75 Å². The first-order valence-electron chi connectivity index (χ1n) is 13.9. The minimum atomic E-state index is -0.637. The van der Waals surface area contributed by atoms with Gasteiger partial charge in [0.05, 0.1) is 38.6 Å². The summed E-state index contributed by atoms with van der Waals surface area (Å²) < 4.78 is 31.0. The molecule has 0 amide bonds. The second-order valence-electron chi connectivity index (χ2n) is 10.6. The molecule has 2 aliphatic heterocycles. The number of ether oxygens (including phenoxy) is 5. The summed E-state index contributed by atoms with van der Waals surface area (Å²) in [4.78, 5) is 0. The predicted octanol–water partition coefficient (Wildman–Crippen LogP) is 7.09. The monoisotopic (exact) mass is 508 g/mol. The third-order valence-electron chi connectivity index (χ3n) is 7.78. The first kappa shape index (κ1) is 27.8. The van der Waals surface area contributed by atoms with Gasteiger partial charge in [-0.2, -0.15) is 0 Å². The summed E-state index contributed by atoms with van der Waals surface area (Å²) in [6.45, 7) is 8.59. The normalized spacial score (nSPS) is 28.3. The molecule has 5 nitrogen and oxygen atoms in total. The molecule has 202 valence electrons. The molecule has 2 aromatic rings. The van der Waals surface area contributed by atoms with Gasteiger partial charge in [-0.3, -0.25) is 0 Å². The van der Waals surface area contributed by atoms with E-state index in [1.165, 1.54) is 5.56 Å². The lowest BCUT2D eigenvalue weighted by molar-refractivity contribution is -0.294. The third-order valence-corrected chi connectivity index (χ3v) is 7.78. The smallest absolute Gasteiger partial charge is 0.188 e. The molecule has 2 aromatic carbocycles. The van der Waals surface area contributed by atoms with Crippen LogP contribution in [0.4, 0.5) is 0 Å². The van der Waals surface area contributed by atoms with Crippen LogP contribution in [0.15, 0.2) is 66.7 Å². The number of rotatable bonds is 12. The van der Waals surface area contributed by atoms with Crippen molar-refractivity contribution in [2.24, 2.45) is 11.8 Å².